The molecule has 0 bridgehead atoms. The van der Waals surface area contributed by atoms with Gasteiger partial charge in [-0.2, -0.15) is 0 Å². The molecule has 74 valence electrons. The quantitative estimate of drug-likeness (QED) is 0.871. The Bertz CT molecular complexity index is 394. The van der Waals surface area contributed by atoms with Gasteiger partial charge in [0.25, 0.3) is 0 Å². The first-order chi connectivity index (χ1) is 6.75. The lowest BCUT2D eigenvalue weighted by Crippen LogP contribution is -1.99. The van der Waals surface area contributed by atoms with Gasteiger partial charge in [0.1, 0.15) is 0 Å². The first-order valence-corrected chi connectivity index (χ1v) is 6.14. The van der Waals surface area contributed by atoms with Crippen molar-refractivity contribution in [3.05, 3.63) is 38.5 Å². The minimum Gasteiger partial charge on any atom is -0.387 e. The zero-order valence-corrected chi connectivity index (χ0v) is 9.44. The van der Waals surface area contributed by atoms with Gasteiger partial charge >= 0.3 is 0 Å². The van der Waals surface area contributed by atoms with Gasteiger partial charge in [-0.1, -0.05) is 6.07 Å². The fraction of sp³-hybridized carbons (Fsp3) is 0.300. The van der Waals surface area contributed by atoms with Gasteiger partial charge < -0.3 is 5.11 Å². The molecular weight excluding hydrogens is 214 g/mol. The van der Waals surface area contributed by atoms with Crippen molar-refractivity contribution < 1.29 is 5.11 Å². The highest BCUT2D eigenvalue weighted by molar-refractivity contribution is 7.10. The maximum atomic E-state index is 9.85. The van der Waals surface area contributed by atoms with Crippen LogP contribution in [-0.4, -0.2) is 10.1 Å². The summed E-state index contributed by atoms with van der Waals surface area (Å²) in [5, 5.41) is 14.9. The van der Waals surface area contributed by atoms with Crippen LogP contribution in [0.4, 0.5) is 0 Å². The number of aliphatic hydroxyl groups excluding tert-OH is 1. The van der Waals surface area contributed by atoms with Gasteiger partial charge in [-0.3, -0.25) is 0 Å². The zero-order valence-electron chi connectivity index (χ0n) is 7.80. The van der Waals surface area contributed by atoms with E-state index >= 15 is 0 Å². The topological polar surface area (TPSA) is 33.1 Å². The molecule has 0 aliphatic heterocycles. The van der Waals surface area contributed by atoms with Crippen molar-refractivity contribution in [2.45, 2.75) is 19.4 Å². The lowest BCUT2D eigenvalue weighted by molar-refractivity contribution is 0.181. The van der Waals surface area contributed by atoms with E-state index in [9.17, 15) is 5.11 Å². The first-order valence-electron chi connectivity index (χ1n) is 4.38. The predicted molar refractivity (Wildman–Crippen MR) is 59.8 cm³/mol. The fourth-order valence-corrected chi connectivity index (χ4v) is 2.62. The number of rotatable bonds is 3. The summed E-state index contributed by atoms with van der Waals surface area (Å²) in [4.78, 5) is 5.33. The van der Waals surface area contributed by atoms with E-state index in [0.29, 0.717) is 6.42 Å². The highest BCUT2D eigenvalue weighted by atomic mass is 32.1. The van der Waals surface area contributed by atoms with E-state index in [1.54, 1.807) is 22.7 Å². The smallest absolute Gasteiger partial charge is 0.0937 e. The molecule has 0 aliphatic rings. The molecule has 4 heteroatoms. The monoisotopic (exact) mass is 225 g/mol. The molecule has 2 aromatic heterocycles. The van der Waals surface area contributed by atoms with Crippen LogP contribution in [0.2, 0.25) is 0 Å². The van der Waals surface area contributed by atoms with Gasteiger partial charge in [-0.25, -0.2) is 4.98 Å². The average molecular weight is 225 g/mol. The van der Waals surface area contributed by atoms with Gasteiger partial charge in [0.15, 0.2) is 0 Å². The Morgan fingerprint density at radius 3 is 2.93 bits per heavy atom. The molecule has 0 spiro atoms. The summed E-state index contributed by atoms with van der Waals surface area (Å²) in [5.41, 5.74) is 0.980. The normalized spacial score (nSPS) is 13.0. The Balaban J connectivity index is 2.05. The summed E-state index contributed by atoms with van der Waals surface area (Å²) in [6, 6.07) is 3.91. The number of thiazole rings is 1. The molecule has 0 radical (unpaired) electrons. The number of hydrogen-bond acceptors (Lipinski definition) is 4. The second kappa shape index (κ2) is 4.21. The van der Waals surface area contributed by atoms with Crippen LogP contribution in [0.5, 0.6) is 0 Å². The van der Waals surface area contributed by atoms with E-state index in [-0.39, 0.29) is 0 Å². The summed E-state index contributed by atoms with van der Waals surface area (Å²) in [7, 11) is 0. The van der Waals surface area contributed by atoms with E-state index in [2.05, 4.69) is 4.98 Å². The summed E-state index contributed by atoms with van der Waals surface area (Å²) < 4.78 is 0. The summed E-state index contributed by atoms with van der Waals surface area (Å²) in [6.07, 6.45) is 0.210. The van der Waals surface area contributed by atoms with Crippen LogP contribution in [0.15, 0.2) is 22.9 Å². The van der Waals surface area contributed by atoms with E-state index in [0.717, 1.165) is 15.6 Å². The maximum Gasteiger partial charge on any atom is 0.0937 e. The molecule has 0 fully saturated rings. The molecule has 0 saturated carbocycles. The third-order valence-corrected chi connectivity index (χ3v) is 3.74. The Morgan fingerprint density at radius 1 is 1.50 bits per heavy atom. The third-order valence-electron chi connectivity index (χ3n) is 1.94. The van der Waals surface area contributed by atoms with Crippen molar-refractivity contribution >= 4 is 22.7 Å². The largest absolute Gasteiger partial charge is 0.387 e. The van der Waals surface area contributed by atoms with Gasteiger partial charge in [-0.05, 0) is 18.4 Å². The minimum atomic E-state index is -0.406. The molecular formula is C10H11NOS2. The van der Waals surface area contributed by atoms with Crippen molar-refractivity contribution in [3.63, 3.8) is 0 Å². The Labute approximate surface area is 90.9 Å². The lowest BCUT2D eigenvalue weighted by atomic mass is 10.2. The SMILES string of the molecule is Cc1nc(CC(O)c2cccs2)cs1. The van der Waals surface area contributed by atoms with Crippen LogP contribution in [0, 0.1) is 6.92 Å². The number of hydrogen-bond donors (Lipinski definition) is 1. The standard InChI is InChI=1S/C10H11NOS2/c1-7-11-8(6-14-7)5-9(12)10-3-2-4-13-10/h2-4,6,9,12H,5H2,1H3. The van der Waals surface area contributed by atoms with Crippen LogP contribution in [0.1, 0.15) is 21.7 Å². The lowest BCUT2D eigenvalue weighted by Gasteiger charge is -2.05. The second-order valence-corrected chi connectivity index (χ2v) is 5.13. The first kappa shape index (κ1) is 9.83. The molecule has 2 nitrogen and oxygen atoms in total. The van der Waals surface area contributed by atoms with Crippen molar-refractivity contribution in [2.24, 2.45) is 0 Å². The van der Waals surface area contributed by atoms with E-state index in [4.69, 9.17) is 0 Å². The molecule has 0 aromatic carbocycles. The van der Waals surface area contributed by atoms with Gasteiger partial charge in [0, 0.05) is 16.7 Å². The Hall–Kier alpha value is -0.710. The summed E-state index contributed by atoms with van der Waals surface area (Å²) in [6.45, 7) is 1.98. The molecule has 0 aliphatic carbocycles. The van der Waals surface area contributed by atoms with E-state index in [1.165, 1.54) is 0 Å². The minimum absolute atomic E-state index is 0.406. The van der Waals surface area contributed by atoms with Crippen LogP contribution >= 0.6 is 22.7 Å². The van der Waals surface area contributed by atoms with Crippen LogP contribution in [0.25, 0.3) is 0 Å². The zero-order chi connectivity index (χ0) is 9.97. The molecule has 2 rings (SSSR count). The predicted octanol–water partition coefficient (Wildman–Crippen LogP) is 2.79. The molecule has 1 atom stereocenters. The molecule has 1 N–H and O–H groups in total. The number of nitrogens with zero attached hydrogens (tertiary/aromatic N) is 1. The van der Waals surface area contributed by atoms with Crippen molar-refractivity contribution in [2.75, 3.05) is 0 Å². The van der Waals surface area contributed by atoms with Gasteiger partial charge in [-0.15, -0.1) is 22.7 Å². The van der Waals surface area contributed by atoms with E-state index in [1.807, 2.05) is 29.8 Å². The van der Waals surface area contributed by atoms with Gasteiger partial charge in [0.05, 0.1) is 16.8 Å². The maximum absolute atomic E-state index is 9.85. The van der Waals surface area contributed by atoms with Crippen molar-refractivity contribution in [1.29, 1.82) is 0 Å². The molecule has 0 saturated heterocycles. The van der Waals surface area contributed by atoms with E-state index < -0.39 is 6.10 Å². The fourth-order valence-electron chi connectivity index (χ4n) is 1.28. The van der Waals surface area contributed by atoms with Crippen molar-refractivity contribution in [1.82, 2.24) is 4.98 Å². The second-order valence-electron chi connectivity index (χ2n) is 3.09. The van der Waals surface area contributed by atoms with Crippen LogP contribution in [0.3, 0.4) is 0 Å². The van der Waals surface area contributed by atoms with Gasteiger partial charge in [0.2, 0.25) is 0 Å². The highest BCUT2D eigenvalue weighted by Gasteiger charge is 2.10. The number of aryl methyl sites for hydroxylation is 1. The number of aromatic nitrogens is 1. The molecule has 1 unspecified atom stereocenters. The summed E-state index contributed by atoms with van der Waals surface area (Å²) >= 11 is 3.21. The third kappa shape index (κ3) is 2.20. The highest BCUT2D eigenvalue weighted by Crippen LogP contribution is 2.23. The van der Waals surface area contributed by atoms with Crippen LogP contribution in [-0.2, 0) is 6.42 Å². The molecule has 0 amide bonds. The summed E-state index contributed by atoms with van der Waals surface area (Å²) in [5.74, 6) is 0. The molecule has 2 heterocycles. The number of aliphatic hydroxyl groups is 1. The average Bonchev–Trinajstić information content (AvgIpc) is 2.75. The van der Waals surface area contributed by atoms with Crippen molar-refractivity contribution in [3.8, 4) is 0 Å². The molecule has 14 heavy (non-hydrogen) atoms. The Kier molecular flexibility index (Phi) is 2.96. The van der Waals surface area contributed by atoms with Crippen LogP contribution < -0.4 is 0 Å². The molecule has 2 aromatic rings. The number of thiophene rings is 1. The Morgan fingerprint density at radius 2 is 2.36 bits per heavy atom.